The number of hydrogen-bond donors (Lipinski definition) is 1. The third kappa shape index (κ3) is 6.92. The van der Waals surface area contributed by atoms with E-state index in [1.54, 1.807) is 19.1 Å². The maximum absolute atomic E-state index is 12.4. The second-order valence-corrected chi connectivity index (χ2v) is 11.0. The van der Waals surface area contributed by atoms with Gasteiger partial charge in [-0.25, -0.2) is 13.8 Å². The zero-order valence-corrected chi connectivity index (χ0v) is 20.2. The van der Waals surface area contributed by atoms with Crippen molar-refractivity contribution in [1.29, 1.82) is 0 Å². The van der Waals surface area contributed by atoms with Crippen LogP contribution in [0.3, 0.4) is 0 Å². The molecule has 0 atom stereocenters. The first-order valence-corrected chi connectivity index (χ1v) is 12.2. The predicted octanol–water partition coefficient (Wildman–Crippen LogP) is 4.41. The van der Waals surface area contributed by atoms with Crippen molar-refractivity contribution in [2.24, 2.45) is 5.10 Å². The molecule has 168 valence electrons. The van der Waals surface area contributed by atoms with Crippen LogP contribution in [0.5, 0.6) is 0 Å². The molecule has 0 aliphatic rings. The van der Waals surface area contributed by atoms with E-state index >= 15 is 0 Å². The predicted molar refractivity (Wildman–Crippen MR) is 128 cm³/mol. The molecule has 1 amide bonds. The molecule has 0 spiro atoms. The number of benzene rings is 2. The molecular formula is C24H33N3O3S. The molecule has 0 fully saturated rings. The number of sulfonamides is 1. The summed E-state index contributed by atoms with van der Waals surface area (Å²) in [4.78, 5) is 12.4. The van der Waals surface area contributed by atoms with Crippen LogP contribution in [0.15, 0.2) is 53.6 Å². The molecule has 0 saturated heterocycles. The van der Waals surface area contributed by atoms with Crippen molar-refractivity contribution in [3.63, 3.8) is 0 Å². The summed E-state index contributed by atoms with van der Waals surface area (Å²) in [5.74, 6) is -0.178. The fourth-order valence-electron chi connectivity index (χ4n) is 3.01. The molecule has 6 nitrogen and oxygen atoms in total. The highest BCUT2D eigenvalue weighted by molar-refractivity contribution is 7.92. The van der Waals surface area contributed by atoms with E-state index in [0.29, 0.717) is 17.3 Å². The molecule has 2 aromatic carbocycles. The van der Waals surface area contributed by atoms with Crippen molar-refractivity contribution < 1.29 is 13.2 Å². The van der Waals surface area contributed by atoms with E-state index in [2.05, 4.69) is 45.1 Å². The Hall–Kier alpha value is -2.67. The molecular weight excluding hydrogens is 410 g/mol. The molecule has 7 heteroatoms. The van der Waals surface area contributed by atoms with Crippen molar-refractivity contribution >= 4 is 27.3 Å². The van der Waals surface area contributed by atoms with E-state index in [4.69, 9.17) is 0 Å². The average molecular weight is 444 g/mol. The minimum absolute atomic E-state index is 0.0558. The van der Waals surface area contributed by atoms with Gasteiger partial charge in [-0.15, -0.1) is 0 Å². The summed E-state index contributed by atoms with van der Waals surface area (Å²) >= 11 is 0. The lowest BCUT2D eigenvalue weighted by Crippen LogP contribution is -2.39. The van der Waals surface area contributed by atoms with E-state index in [9.17, 15) is 13.2 Å². The maximum atomic E-state index is 12.4. The number of amides is 1. The second kappa shape index (κ2) is 9.64. The lowest BCUT2D eigenvalue weighted by Gasteiger charge is -2.22. The van der Waals surface area contributed by atoms with Gasteiger partial charge in [-0.05, 0) is 47.1 Å². The molecule has 0 aromatic heterocycles. The van der Waals surface area contributed by atoms with Gasteiger partial charge in [-0.2, -0.15) is 5.10 Å². The van der Waals surface area contributed by atoms with Gasteiger partial charge in [0.2, 0.25) is 10.0 Å². The summed E-state index contributed by atoms with van der Waals surface area (Å²) in [6.07, 6.45) is 1.09. The molecule has 1 N–H and O–H groups in total. The Morgan fingerprint density at radius 2 is 1.58 bits per heavy atom. The summed E-state index contributed by atoms with van der Waals surface area (Å²) in [5.41, 5.74) is 6.80. The number of carbonyl (C=O) groups excluding carboxylic acids is 1. The van der Waals surface area contributed by atoms with Gasteiger partial charge < -0.3 is 0 Å². The lowest BCUT2D eigenvalue weighted by atomic mass is 9.86. The Kier molecular flexibility index (Phi) is 7.65. The Balaban J connectivity index is 2.12. The molecule has 0 unspecified atom stereocenters. The number of nitrogens with one attached hydrogen (secondary N) is 1. The third-order valence-corrected chi connectivity index (χ3v) is 6.19. The molecule has 0 heterocycles. The zero-order chi connectivity index (χ0) is 23.4. The van der Waals surface area contributed by atoms with Gasteiger partial charge in [0.1, 0.15) is 6.54 Å². The molecule has 2 aromatic rings. The van der Waals surface area contributed by atoms with Gasteiger partial charge >= 0.3 is 0 Å². The fourth-order valence-corrected chi connectivity index (χ4v) is 3.87. The average Bonchev–Trinajstić information content (AvgIpc) is 2.69. The Morgan fingerprint density at radius 3 is 2.03 bits per heavy atom. The number of hydrogen-bond acceptors (Lipinski definition) is 4. The molecule has 0 aliphatic carbocycles. The number of carbonyl (C=O) groups is 1. The quantitative estimate of drug-likeness (QED) is 0.508. The van der Waals surface area contributed by atoms with E-state index in [0.717, 1.165) is 21.7 Å². The number of anilines is 1. The van der Waals surface area contributed by atoms with Gasteiger partial charge in [0.25, 0.3) is 5.91 Å². The van der Waals surface area contributed by atoms with Crippen LogP contribution in [0, 0.1) is 0 Å². The van der Waals surface area contributed by atoms with Gasteiger partial charge in [0, 0.05) is 0 Å². The lowest BCUT2D eigenvalue weighted by molar-refractivity contribution is -0.119. The largest absolute Gasteiger partial charge is 0.271 e. The van der Waals surface area contributed by atoms with Gasteiger partial charge in [-0.3, -0.25) is 9.10 Å². The highest BCUT2D eigenvalue weighted by Gasteiger charge is 2.21. The minimum Gasteiger partial charge on any atom is -0.271 e. The van der Waals surface area contributed by atoms with Crippen LogP contribution in [0.4, 0.5) is 5.69 Å². The van der Waals surface area contributed by atoms with E-state index in [-0.39, 0.29) is 12.0 Å². The summed E-state index contributed by atoms with van der Waals surface area (Å²) < 4.78 is 25.6. The summed E-state index contributed by atoms with van der Waals surface area (Å²) in [6, 6.07) is 15.2. The summed E-state index contributed by atoms with van der Waals surface area (Å²) in [7, 11) is -3.63. The van der Waals surface area contributed by atoms with Crippen LogP contribution < -0.4 is 9.73 Å². The first-order chi connectivity index (χ1) is 14.3. The van der Waals surface area contributed by atoms with Crippen LogP contribution in [0.2, 0.25) is 0 Å². The van der Waals surface area contributed by atoms with Crippen molar-refractivity contribution in [3.05, 3.63) is 65.2 Å². The fraction of sp³-hybridized carbons (Fsp3) is 0.417. The SMILES string of the molecule is C/C(=N/NC(=O)CN(c1ccc(C(C)C)cc1)S(C)(=O)=O)c1ccc(C(C)(C)C)cc1. The second-order valence-electron chi connectivity index (χ2n) is 9.08. The Morgan fingerprint density at radius 1 is 1.03 bits per heavy atom. The van der Waals surface area contributed by atoms with E-state index < -0.39 is 15.9 Å². The summed E-state index contributed by atoms with van der Waals surface area (Å²) in [5, 5.41) is 4.15. The molecule has 2 rings (SSSR count). The smallest absolute Gasteiger partial charge is 0.260 e. The van der Waals surface area contributed by atoms with Gasteiger partial charge in [0.15, 0.2) is 0 Å². The summed E-state index contributed by atoms with van der Waals surface area (Å²) in [6.45, 7) is 12.0. The van der Waals surface area contributed by atoms with Gasteiger partial charge in [0.05, 0.1) is 17.7 Å². The van der Waals surface area contributed by atoms with E-state index in [1.165, 1.54) is 5.56 Å². The maximum Gasteiger partial charge on any atom is 0.260 e. The molecule has 0 aliphatic heterocycles. The number of rotatable bonds is 7. The topological polar surface area (TPSA) is 78.8 Å². The Labute approximate surface area is 186 Å². The molecule has 31 heavy (non-hydrogen) atoms. The first-order valence-electron chi connectivity index (χ1n) is 10.3. The van der Waals surface area contributed by atoms with Crippen LogP contribution in [-0.4, -0.2) is 32.8 Å². The molecule has 0 radical (unpaired) electrons. The van der Waals surface area contributed by atoms with Crippen molar-refractivity contribution in [3.8, 4) is 0 Å². The van der Waals surface area contributed by atoms with Crippen LogP contribution in [0.25, 0.3) is 0 Å². The minimum atomic E-state index is -3.63. The van der Waals surface area contributed by atoms with Crippen LogP contribution in [0.1, 0.15) is 64.2 Å². The molecule has 0 saturated carbocycles. The van der Waals surface area contributed by atoms with Gasteiger partial charge in [-0.1, -0.05) is 71.0 Å². The number of nitrogens with zero attached hydrogens (tertiary/aromatic N) is 2. The highest BCUT2D eigenvalue weighted by Crippen LogP contribution is 2.23. The van der Waals surface area contributed by atoms with E-state index in [1.807, 2.05) is 36.4 Å². The normalized spacial score (nSPS) is 12.7. The van der Waals surface area contributed by atoms with Crippen LogP contribution >= 0.6 is 0 Å². The van der Waals surface area contributed by atoms with Crippen molar-refractivity contribution in [1.82, 2.24) is 5.43 Å². The molecule has 0 bridgehead atoms. The van der Waals surface area contributed by atoms with Crippen molar-refractivity contribution in [2.75, 3.05) is 17.1 Å². The Bertz CT molecular complexity index is 1030. The third-order valence-electron chi connectivity index (χ3n) is 5.05. The highest BCUT2D eigenvalue weighted by atomic mass is 32.2. The monoisotopic (exact) mass is 443 g/mol. The standard InChI is InChI=1S/C24H33N3O3S/c1-17(2)19-10-14-22(15-11-19)27(31(7,29)30)16-23(28)26-25-18(3)20-8-12-21(13-9-20)24(4,5)6/h8-15,17H,16H2,1-7H3,(H,26,28)/b25-18-. The zero-order valence-electron chi connectivity index (χ0n) is 19.4. The van der Waals surface area contributed by atoms with Crippen LogP contribution in [-0.2, 0) is 20.2 Å². The number of hydrazone groups is 1. The van der Waals surface area contributed by atoms with Crippen molar-refractivity contribution in [2.45, 2.75) is 52.9 Å². The first kappa shape index (κ1) is 24.6.